The maximum absolute atomic E-state index is 13.8. The lowest BCUT2D eigenvalue weighted by Crippen LogP contribution is -2.39. The summed E-state index contributed by atoms with van der Waals surface area (Å²) in [5.41, 5.74) is 3.65. The molecule has 0 spiro atoms. The Labute approximate surface area is 233 Å². The molecular formula is C30H37N3O7. The minimum Gasteiger partial charge on any atom is -0.459 e. The van der Waals surface area contributed by atoms with Crippen molar-refractivity contribution in [2.24, 2.45) is 7.05 Å². The van der Waals surface area contributed by atoms with E-state index in [1.165, 1.54) is 19.1 Å². The van der Waals surface area contributed by atoms with Crippen molar-refractivity contribution in [1.82, 2.24) is 14.3 Å². The van der Waals surface area contributed by atoms with Crippen LogP contribution in [0.5, 0.6) is 0 Å². The van der Waals surface area contributed by atoms with Crippen molar-refractivity contribution in [3.05, 3.63) is 99.2 Å². The third kappa shape index (κ3) is 6.37. The Hall–Kier alpha value is -3.70. The van der Waals surface area contributed by atoms with Gasteiger partial charge in [-0.15, -0.1) is 0 Å². The molecule has 1 N–H and O–H groups in total. The highest BCUT2D eigenvalue weighted by atomic mass is 16.7. The molecule has 3 aromatic rings. The number of allylic oxidation sites excluding steroid dienone is 1. The molecule has 0 bridgehead atoms. The molecule has 0 saturated heterocycles. The number of benzene rings is 2. The van der Waals surface area contributed by atoms with Crippen LogP contribution in [0, 0.1) is 6.92 Å². The van der Waals surface area contributed by atoms with Crippen LogP contribution < -0.4 is 5.56 Å². The summed E-state index contributed by atoms with van der Waals surface area (Å²) in [5.74, 6) is -0.701. The molecule has 10 nitrogen and oxygen atoms in total. The van der Waals surface area contributed by atoms with Gasteiger partial charge in [-0.25, -0.2) is 4.68 Å². The monoisotopic (exact) mass is 551 g/mol. The molecule has 1 aliphatic rings. The lowest BCUT2D eigenvalue weighted by molar-refractivity contribution is -0.160. The van der Waals surface area contributed by atoms with Crippen molar-refractivity contribution in [1.29, 1.82) is 0 Å². The highest BCUT2D eigenvalue weighted by molar-refractivity contribution is 5.91. The molecule has 0 saturated carbocycles. The van der Waals surface area contributed by atoms with Gasteiger partial charge in [0, 0.05) is 51.9 Å². The Bertz CT molecular complexity index is 1370. The van der Waals surface area contributed by atoms with Crippen LogP contribution in [0.3, 0.4) is 0 Å². The van der Waals surface area contributed by atoms with Crippen LogP contribution in [0.25, 0.3) is 5.69 Å². The van der Waals surface area contributed by atoms with Crippen LogP contribution >= 0.6 is 0 Å². The number of aromatic nitrogens is 2. The van der Waals surface area contributed by atoms with Crippen molar-refractivity contribution in [2.45, 2.75) is 45.1 Å². The summed E-state index contributed by atoms with van der Waals surface area (Å²) in [6.45, 7) is 2.28. The normalized spacial score (nSPS) is 17.0. The van der Waals surface area contributed by atoms with Crippen molar-refractivity contribution in [3.8, 4) is 5.69 Å². The van der Waals surface area contributed by atoms with Crippen molar-refractivity contribution >= 4 is 5.91 Å². The highest BCUT2D eigenvalue weighted by Crippen LogP contribution is 2.33. The number of aliphatic hydroxyl groups is 1. The number of amides is 1. The van der Waals surface area contributed by atoms with Crippen molar-refractivity contribution < 1.29 is 28.8 Å². The van der Waals surface area contributed by atoms with E-state index in [1.807, 2.05) is 73.3 Å². The van der Waals surface area contributed by atoms with Gasteiger partial charge in [0.2, 0.25) is 6.29 Å². The third-order valence-electron chi connectivity index (χ3n) is 7.17. The molecule has 0 aliphatic carbocycles. The van der Waals surface area contributed by atoms with Gasteiger partial charge in [0.05, 0.1) is 25.4 Å². The van der Waals surface area contributed by atoms with Gasteiger partial charge in [0.15, 0.2) is 12.0 Å². The zero-order valence-corrected chi connectivity index (χ0v) is 23.6. The fourth-order valence-electron chi connectivity index (χ4n) is 4.80. The summed E-state index contributed by atoms with van der Waals surface area (Å²) in [6, 6.07) is 16.8. The average molecular weight is 552 g/mol. The molecule has 4 rings (SSSR count). The third-order valence-corrected chi connectivity index (χ3v) is 7.17. The number of nitrogens with zero attached hydrogens (tertiary/aromatic N) is 3. The lowest BCUT2D eigenvalue weighted by atomic mass is 9.93. The molecule has 40 heavy (non-hydrogen) atoms. The first-order valence-corrected chi connectivity index (χ1v) is 13.1. The van der Waals surface area contributed by atoms with Gasteiger partial charge in [0.25, 0.3) is 11.5 Å². The van der Waals surface area contributed by atoms with Gasteiger partial charge in [-0.2, -0.15) is 0 Å². The number of hydrogen-bond acceptors (Lipinski definition) is 7. The molecular weight excluding hydrogens is 514 g/mol. The SMILES string of the molecule is COC(CN(C)C(=O)C1=C[C@H](c2c(C)n(C)n(-c3ccccc3)c2=O)C[C@H](OCc2ccc(CO)cc2)O1)OC. The van der Waals surface area contributed by atoms with E-state index in [0.717, 1.165) is 22.5 Å². The van der Waals surface area contributed by atoms with Gasteiger partial charge in [-0.3, -0.25) is 14.3 Å². The Kier molecular flexibility index (Phi) is 9.59. The van der Waals surface area contributed by atoms with Crippen LogP contribution in [0.1, 0.15) is 34.7 Å². The highest BCUT2D eigenvalue weighted by Gasteiger charge is 2.34. The molecule has 2 aromatic carbocycles. The Morgan fingerprint density at radius 1 is 1.10 bits per heavy atom. The van der Waals surface area contributed by atoms with Crippen LogP contribution in [-0.2, 0) is 44.0 Å². The first-order valence-electron chi connectivity index (χ1n) is 13.1. The molecule has 1 amide bonds. The average Bonchev–Trinajstić information content (AvgIpc) is 3.21. The predicted molar refractivity (Wildman–Crippen MR) is 149 cm³/mol. The lowest BCUT2D eigenvalue weighted by Gasteiger charge is -2.31. The number of likely N-dealkylation sites (N-methyl/N-ethyl adjacent to an activating group) is 1. The van der Waals surface area contributed by atoms with Crippen LogP contribution in [0.4, 0.5) is 0 Å². The maximum atomic E-state index is 13.8. The number of rotatable bonds is 11. The number of hydrogen-bond donors (Lipinski definition) is 1. The summed E-state index contributed by atoms with van der Waals surface area (Å²) >= 11 is 0. The van der Waals surface area contributed by atoms with E-state index in [2.05, 4.69) is 0 Å². The molecule has 0 radical (unpaired) electrons. The van der Waals surface area contributed by atoms with Gasteiger partial charge in [-0.1, -0.05) is 42.5 Å². The molecule has 1 aromatic heterocycles. The first kappa shape index (κ1) is 29.3. The van der Waals surface area contributed by atoms with E-state index in [9.17, 15) is 14.7 Å². The second-order valence-electron chi connectivity index (χ2n) is 9.77. The van der Waals surface area contributed by atoms with Crippen LogP contribution in [-0.4, -0.2) is 65.7 Å². The number of carbonyl (C=O) groups is 1. The standard InChI is InChI=1S/C30H37N3O7/c1-20-28(30(36)33(32(20)3)24-9-7-6-8-10-24)23-15-25(29(35)31(2)17-27(37-4)38-5)40-26(16-23)39-19-22-13-11-21(18-34)12-14-22/h6-15,23,26-27,34H,16-19H2,1-5H3/t23-,26+/m0/s1. The topological polar surface area (TPSA) is 104 Å². The second kappa shape index (κ2) is 13.1. The molecule has 1 aliphatic heterocycles. The van der Waals surface area contributed by atoms with Crippen molar-refractivity contribution in [3.63, 3.8) is 0 Å². The van der Waals surface area contributed by atoms with E-state index in [1.54, 1.807) is 17.8 Å². The number of aliphatic hydroxyl groups excluding tert-OH is 1. The van der Waals surface area contributed by atoms with Gasteiger partial charge < -0.3 is 29.0 Å². The van der Waals surface area contributed by atoms with Crippen LogP contribution in [0.2, 0.25) is 0 Å². The zero-order valence-electron chi connectivity index (χ0n) is 23.6. The number of para-hydroxylation sites is 1. The van der Waals surface area contributed by atoms with E-state index in [-0.39, 0.29) is 37.0 Å². The Morgan fingerprint density at radius 3 is 2.38 bits per heavy atom. The minimum atomic E-state index is -0.773. The number of ether oxygens (including phenoxy) is 4. The summed E-state index contributed by atoms with van der Waals surface area (Å²) in [5, 5.41) is 9.31. The molecule has 0 unspecified atom stereocenters. The smallest absolute Gasteiger partial charge is 0.288 e. The fraction of sp³-hybridized carbons (Fsp3) is 0.400. The molecule has 0 fully saturated rings. The summed E-state index contributed by atoms with van der Waals surface area (Å²) in [4.78, 5) is 28.7. The van der Waals surface area contributed by atoms with E-state index in [0.29, 0.717) is 12.0 Å². The predicted octanol–water partition coefficient (Wildman–Crippen LogP) is 2.98. The van der Waals surface area contributed by atoms with Gasteiger partial charge >= 0.3 is 0 Å². The molecule has 214 valence electrons. The largest absolute Gasteiger partial charge is 0.459 e. The minimum absolute atomic E-state index is 0.0394. The zero-order chi connectivity index (χ0) is 28.8. The fourth-order valence-corrected chi connectivity index (χ4v) is 4.80. The molecule has 10 heteroatoms. The Morgan fingerprint density at radius 2 is 1.75 bits per heavy atom. The molecule has 2 atom stereocenters. The summed E-state index contributed by atoms with van der Waals surface area (Å²) in [6.07, 6.45) is 0.688. The van der Waals surface area contributed by atoms with Crippen molar-refractivity contribution in [2.75, 3.05) is 27.8 Å². The van der Waals surface area contributed by atoms with Gasteiger partial charge in [0.1, 0.15) is 0 Å². The Balaban J connectivity index is 1.66. The summed E-state index contributed by atoms with van der Waals surface area (Å²) in [7, 11) is 6.49. The van der Waals surface area contributed by atoms with E-state index >= 15 is 0 Å². The summed E-state index contributed by atoms with van der Waals surface area (Å²) < 4.78 is 26.1. The van der Waals surface area contributed by atoms with E-state index in [4.69, 9.17) is 18.9 Å². The maximum Gasteiger partial charge on any atom is 0.288 e. The van der Waals surface area contributed by atoms with E-state index < -0.39 is 18.5 Å². The molecule has 2 heterocycles. The number of carbonyl (C=O) groups excluding carboxylic acids is 1. The number of methoxy groups -OCH3 is 2. The quantitative estimate of drug-likeness (QED) is 0.366. The second-order valence-corrected chi connectivity index (χ2v) is 9.77. The van der Waals surface area contributed by atoms with Crippen LogP contribution in [0.15, 0.2) is 71.2 Å². The first-order chi connectivity index (χ1) is 19.3. The van der Waals surface area contributed by atoms with Gasteiger partial charge in [-0.05, 0) is 36.3 Å².